The van der Waals surface area contributed by atoms with E-state index in [1.807, 2.05) is 31.2 Å². The first-order valence-corrected chi connectivity index (χ1v) is 12.2. The molecule has 4 rings (SSSR count). The molecule has 1 saturated heterocycles. The summed E-state index contributed by atoms with van der Waals surface area (Å²) >= 11 is 0. The summed E-state index contributed by atoms with van der Waals surface area (Å²) in [7, 11) is -3.42. The molecule has 1 N–H and O–H groups in total. The van der Waals surface area contributed by atoms with Gasteiger partial charge in [0.1, 0.15) is 0 Å². The van der Waals surface area contributed by atoms with Crippen molar-refractivity contribution >= 4 is 15.9 Å². The van der Waals surface area contributed by atoms with Crippen LogP contribution >= 0.6 is 0 Å². The van der Waals surface area contributed by atoms with Crippen molar-refractivity contribution < 1.29 is 17.6 Å². The molecule has 168 valence electrons. The van der Waals surface area contributed by atoms with Gasteiger partial charge in [0.2, 0.25) is 15.9 Å². The van der Waals surface area contributed by atoms with Gasteiger partial charge in [-0.2, -0.15) is 4.31 Å². The van der Waals surface area contributed by atoms with E-state index in [1.54, 1.807) is 30.5 Å². The number of hydrogen-bond acceptors (Lipinski definition) is 5. The van der Waals surface area contributed by atoms with E-state index in [2.05, 4.69) is 10.3 Å². The fraction of sp³-hybridized carbons (Fsp3) is 0.333. The summed E-state index contributed by atoms with van der Waals surface area (Å²) in [6, 6.07) is 14.7. The highest BCUT2D eigenvalue weighted by molar-refractivity contribution is 7.89. The summed E-state index contributed by atoms with van der Waals surface area (Å²) in [5, 5.41) is 2.86. The molecule has 0 bridgehead atoms. The third-order valence-corrected chi connectivity index (χ3v) is 7.48. The van der Waals surface area contributed by atoms with Crippen LogP contribution in [0.3, 0.4) is 0 Å². The Labute approximate surface area is 188 Å². The lowest BCUT2D eigenvalue weighted by atomic mass is 10.1. The summed E-state index contributed by atoms with van der Waals surface area (Å²) in [5.41, 5.74) is 2.97. The first kappa shape index (κ1) is 22.2. The van der Waals surface area contributed by atoms with E-state index in [1.165, 1.54) is 9.87 Å². The lowest BCUT2D eigenvalue weighted by Gasteiger charge is -2.15. The quantitative estimate of drug-likeness (QED) is 0.562. The van der Waals surface area contributed by atoms with Crippen molar-refractivity contribution in [3.8, 4) is 11.3 Å². The number of sulfonamides is 1. The summed E-state index contributed by atoms with van der Waals surface area (Å²) in [4.78, 5) is 16.8. The van der Waals surface area contributed by atoms with Gasteiger partial charge >= 0.3 is 0 Å². The smallest absolute Gasteiger partial charge is 0.243 e. The average Bonchev–Trinajstić information content (AvgIpc) is 3.50. The molecule has 2 heterocycles. The fourth-order valence-electron chi connectivity index (χ4n) is 3.64. The molecule has 1 aliphatic heterocycles. The van der Waals surface area contributed by atoms with Crippen LogP contribution in [0.15, 0.2) is 64.0 Å². The topological polar surface area (TPSA) is 92.5 Å². The third-order valence-electron chi connectivity index (χ3n) is 5.57. The summed E-state index contributed by atoms with van der Waals surface area (Å²) in [6.45, 7) is 3.52. The van der Waals surface area contributed by atoms with Crippen LogP contribution in [-0.4, -0.2) is 36.7 Å². The van der Waals surface area contributed by atoms with E-state index in [0.717, 1.165) is 24.0 Å². The molecule has 8 heteroatoms. The van der Waals surface area contributed by atoms with Gasteiger partial charge in [0.05, 0.1) is 11.1 Å². The minimum atomic E-state index is -3.42. The number of nitrogens with one attached hydrogen (secondary N) is 1. The number of nitrogens with zero attached hydrogens (tertiary/aromatic N) is 2. The second kappa shape index (κ2) is 9.67. The number of rotatable bonds is 8. The molecule has 0 radical (unpaired) electrons. The number of benzene rings is 2. The number of amides is 1. The van der Waals surface area contributed by atoms with Crippen molar-refractivity contribution in [2.45, 2.75) is 44.0 Å². The van der Waals surface area contributed by atoms with Gasteiger partial charge in [0.15, 0.2) is 11.7 Å². The van der Waals surface area contributed by atoms with Gasteiger partial charge < -0.3 is 9.73 Å². The van der Waals surface area contributed by atoms with Crippen LogP contribution in [0.4, 0.5) is 0 Å². The third kappa shape index (κ3) is 5.26. The van der Waals surface area contributed by atoms with Gasteiger partial charge in [0.25, 0.3) is 0 Å². The average molecular weight is 454 g/mol. The molecule has 7 nitrogen and oxygen atoms in total. The van der Waals surface area contributed by atoms with Gasteiger partial charge in [-0.1, -0.05) is 42.0 Å². The molecule has 0 saturated carbocycles. The number of carbonyl (C=O) groups excluding carboxylic acids is 1. The Hall–Kier alpha value is -2.97. The summed E-state index contributed by atoms with van der Waals surface area (Å²) < 4.78 is 32.4. The predicted molar refractivity (Wildman–Crippen MR) is 121 cm³/mol. The Morgan fingerprint density at radius 2 is 1.75 bits per heavy atom. The van der Waals surface area contributed by atoms with E-state index >= 15 is 0 Å². The highest BCUT2D eigenvalue weighted by Crippen LogP contribution is 2.22. The van der Waals surface area contributed by atoms with E-state index in [-0.39, 0.29) is 12.3 Å². The van der Waals surface area contributed by atoms with Crippen molar-refractivity contribution in [2.75, 3.05) is 13.1 Å². The van der Waals surface area contributed by atoms with Gasteiger partial charge in [-0.15, -0.1) is 0 Å². The molecule has 1 amide bonds. The molecule has 1 aliphatic rings. The molecule has 2 aromatic carbocycles. The van der Waals surface area contributed by atoms with Crippen molar-refractivity contribution in [1.82, 2.24) is 14.6 Å². The van der Waals surface area contributed by atoms with E-state index in [0.29, 0.717) is 42.6 Å². The molecular formula is C24H27N3O4S. The number of oxazole rings is 1. The SMILES string of the molecule is Cc1ccc(-c2cnc(CCC(=O)NCc3ccc(S(=O)(=O)N4CCCC4)cc3)o2)cc1. The van der Waals surface area contributed by atoms with Crippen molar-refractivity contribution in [3.63, 3.8) is 0 Å². The summed E-state index contributed by atoms with van der Waals surface area (Å²) in [5.74, 6) is 1.09. The highest BCUT2D eigenvalue weighted by Gasteiger charge is 2.26. The molecule has 0 unspecified atom stereocenters. The van der Waals surface area contributed by atoms with Crippen molar-refractivity contribution in [1.29, 1.82) is 0 Å². The molecule has 1 fully saturated rings. The molecular weight excluding hydrogens is 426 g/mol. The van der Waals surface area contributed by atoms with Gasteiger partial charge in [0, 0.05) is 38.0 Å². The lowest BCUT2D eigenvalue weighted by molar-refractivity contribution is -0.121. The van der Waals surface area contributed by atoms with Crippen LogP contribution in [0.5, 0.6) is 0 Å². The van der Waals surface area contributed by atoms with Crippen molar-refractivity contribution in [3.05, 3.63) is 71.7 Å². The zero-order valence-corrected chi connectivity index (χ0v) is 18.9. The van der Waals surface area contributed by atoms with Crippen LogP contribution in [0.2, 0.25) is 0 Å². The zero-order chi connectivity index (χ0) is 22.6. The minimum Gasteiger partial charge on any atom is -0.441 e. The maximum absolute atomic E-state index is 12.6. The standard InChI is InChI=1S/C24H27N3O4S/c1-18-4-8-20(9-5-18)22-17-26-24(31-22)13-12-23(28)25-16-19-6-10-21(11-7-19)32(29,30)27-14-2-3-15-27/h4-11,17H,2-3,12-16H2,1H3,(H,25,28). The molecule has 3 aromatic rings. The first-order chi connectivity index (χ1) is 15.4. The van der Waals surface area contributed by atoms with E-state index in [9.17, 15) is 13.2 Å². The van der Waals surface area contributed by atoms with Crippen LogP contribution in [0, 0.1) is 6.92 Å². The van der Waals surface area contributed by atoms with Gasteiger partial charge in [-0.05, 0) is 37.5 Å². The molecule has 32 heavy (non-hydrogen) atoms. The summed E-state index contributed by atoms with van der Waals surface area (Å²) in [6.07, 6.45) is 4.16. The van der Waals surface area contributed by atoms with E-state index < -0.39 is 10.0 Å². The van der Waals surface area contributed by atoms with Crippen LogP contribution in [-0.2, 0) is 27.8 Å². The highest BCUT2D eigenvalue weighted by atomic mass is 32.2. The van der Waals surface area contributed by atoms with E-state index in [4.69, 9.17) is 4.42 Å². The number of carbonyl (C=O) groups is 1. The maximum atomic E-state index is 12.6. The lowest BCUT2D eigenvalue weighted by Crippen LogP contribution is -2.28. The Morgan fingerprint density at radius 3 is 2.44 bits per heavy atom. The zero-order valence-electron chi connectivity index (χ0n) is 18.1. The van der Waals surface area contributed by atoms with Gasteiger partial charge in [-0.3, -0.25) is 4.79 Å². The second-order valence-corrected chi connectivity index (χ2v) is 9.95. The molecule has 0 aliphatic carbocycles. The monoisotopic (exact) mass is 453 g/mol. The number of hydrogen-bond donors (Lipinski definition) is 1. The van der Waals surface area contributed by atoms with Crippen LogP contribution in [0.25, 0.3) is 11.3 Å². The minimum absolute atomic E-state index is 0.117. The molecule has 0 spiro atoms. The Balaban J connectivity index is 1.26. The normalized spacial score (nSPS) is 14.5. The Kier molecular flexibility index (Phi) is 6.72. The fourth-order valence-corrected chi connectivity index (χ4v) is 5.16. The first-order valence-electron chi connectivity index (χ1n) is 10.8. The second-order valence-electron chi connectivity index (χ2n) is 8.02. The van der Waals surface area contributed by atoms with Gasteiger partial charge in [-0.25, -0.2) is 13.4 Å². The van der Waals surface area contributed by atoms with Crippen LogP contribution < -0.4 is 5.32 Å². The maximum Gasteiger partial charge on any atom is 0.243 e. The Bertz CT molecular complexity index is 1160. The molecule has 0 atom stereocenters. The van der Waals surface area contributed by atoms with Crippen molar-refractivity contribution in [2.24, 2.45) is 0 Å². The van der Waals surface area contributed by atoms with Crippen LogP contribution in [0.1, 0.15) is 36.3 Å². The Morgan fingerprint density at radius 1 is 1.06 bits per heavy atom. The predicted octanol–water partition coefficient (Wildman–Crippen LogP) is 3.68. The number of aromatic nitrogens is 1. The number of aryl methyl sites for hydroxylation is 2. The molecule has 1 aromatic heterocycles. The largest absolute Gasteiger partial charge is 0.441 e.